The van der Waals surface area contributed by atoms with Crippen LogP contribution in [-0.2, 0) is 0 Å². The van der Waals surface area contributed by atoms with Crippen molar-refractivity contribution < 1.29 is 0 Å². The van der Waals surface area contributed by atoms with Crippen molar-refractivity contribution in [1.29, 1.82) is 0 Å². The molecule has 0 saturated heterocycles. The highest BCUT2D eigenvalue weighted by Crippen LogP contribution is 2.37. The Morgan fingerprint density at radius 1 is 0.115 bits per heavy atom. The van der Waals surface area contributed by atoms with Gasteiger partial charge in [0.25, 0.3) is 0 Å². The lowest BCUT2D eigenvalue weighted by Gasteiger charge is -2.28. The second kappa shape index (κ2) is 99.1. The summed E-state index contributed by atoms with van der Waals surface area (Å²) >= 11 is 0. The van der Waals surface area contributed by atoms with Gasteiger partial charge in [-0.05, 0) is 91.6 Å². The number of anilines is 3. The van der Waals surface area contributed by atoms with Crippen LogP contribution < -0.4 is 14.7 Å². The van der Waals surface area contributed by atoms with Crippen molar-refractivity contribution in [3.63, 3.8) is 0 Å². The molecule has 0 aliphatic carbocycles. The number of nitrogens with zero attached hydrogens (tertiary/aromatic N) is 3. The summed E-state index contributed by atoms with van der Waals surface area (Å²) in [5, 5.41) is 0. The van der Waals surface area contributed by atoms with Gasteiger partial charge in [-0.3, -0.25) is 0 Å². The van der Waals surface area contributed by atoms with Crippen LogP contribution in [0.5, 0.6) is 0 Å². The molecule has 0 bridgehead atoms. The summed E-state index contributed by atoms with van der Waals surface area (Å²) in [5.74, 6) is 0.175. The third-order valence-electron chi connectivity index (χ3n) is 30.5. The van der Waals surface area contributed by atoms with Crippen molar-refractivity contribution in [3.05, 3.63) is 89.5 Å². The molecule has 3 rings (SSSR count). The minimum atomic E-state index is 0.175. The Kier molecular flexibility index (Phi) is 92.4. The maximum absolute atomic E-state index is 2.83. The number of benzene rings is 3. The van der Waals surface area contributed by atoms with Crippen LogP contribution in [0.3, 0.4) is 0 Å². The molecule has 0 N–H and O–H groups in total. The maximum Gasteiger partial charge on any atom is 0.0366 e. The predicted octanol–water partition coefficient (Wildman–Crippen LogP) is 44.9. The third-order valence-corrected chi connectivity index (χ3v) is 30.5. The molecule has 3 heteroatoms. The zero-order chi connectivity index (χ0) is 92.4. The molecule has 0 unspecified atom stereocenters. The van der Waals surface area contributed by atoms with E-state index >= 15 is 0 Å². The lowest BCUT2D eigenvalue weighted by atomic mass is 9.84. The summed E-state index contributed by atoms with van der Waals surface area (Å²) in [4.78, 5) is 8.49. The van der Waals surface area contributed by atoms with Gasteiger partial charge >= 0.3 is 0 Å². The van der Waals surface area contributed by atoms with Crippen molar-refractivity contribution in [1.82, 2.24) is 0 Å². The van der Waals surface area contributed by atoms with Crippen LogP contribution in [-0.4, -0.2) is 39.3 Å². The van der Waals surface area contributed by atoms with Crippen molar-refractivity contribution >= 4 is 17.1 Å². The molecule has 0 heterocycles. The highest BCUT2D eigenvalue weighted by molar-refractivity contribution is 5.56. The Balaban J connectivity index is 1.91. The van der Waals surface area contributed by atoms with Gasteiger partial charge in [0, 0.05) is 62.2 Å². The van der Waals surface area contributed by atoms with E-state index in [1.54, 1.807) is 0 Å². The number of unbranched alkanes of at least 4 members (excludes halogenated alkanes) is 90. The normalized spacial score (nSPS) is 11.7. The standard InChI is InChI=1S/C127H235N3/c1-7-13-19-25-31-37-43-49-55-61-67-73-79-85-91-97-115-128(116-98-92-86-80-74-68-62-56-50-44-38-32-26-20-14-8-2)124-109-103-121(104-110-124)127(122-105-111-125(112-106-122)129(117-99-93-87-81-75-69-63-57-51-45-39-33-27-21-15-9-3)118-100-94-88-82-76-70-64-58-52-46-40-34-28-22-16-10-4)123-107-113-126(114-108-123)130(119-101-95-89-83-77-71-65-59-53-47-41-35-29-23-17-11-5)120-102-96-90-84-78-72-66-60-54-48-42-36-30-24-18-12-6/h103-114,127H,7-102,115-120H2,1-6H3. The molecular formula is C127H235N3. The lowest BCUT2D eigenvalue weighted by Crippen LogP contribution is -2.26. The molecule has 0 amide bonds. The second-order valence-corrected chi connectivity index (χ2v) is 43.0. The SMILES string of the molecule is CCCCCCCCCCCCCCCCCCN(CCCCCCCCCCCCCCCCCC)c1ccc(C(c2ccc(N(CCCCCCCCCCCCCCCCCC)CCCCCCCCCCCCCCCCCC)cc2)c2ccc(N(CCCCCCCCCCCCCCCCCC)CCCCCCCCCCCCCCCCCC)cc2)cc1. The van der Waals surface area contributed by atoms with Crippen LogP contribution in [0.1, 0.15) is 681 Å². The molecule has 0 saturated carbocycles. The molecule has 0 fully saturated rings. The number of rotatable bonds is 108. The Bertz CT molecular complexity index is 2210. The van der Waals surface area contributed by atoms with Crippen molar-refractivity contribution in [2.75, 3.05) is 54.0 Å². The van der Waals surface area contributed by atoms with E-state index < -0.39 is 0 Å². The van der Waals surface area contributed by atoms with Crippen molar-refractivity contribution in [2.24, 2.45) is 0 Å². The van der Waals surface area contributed by atoms with Crippen LogP contribution >= 0.6 is 0 Å². The minimum Gasteiger partial charge on any atom is -0.372 e. The maximum atomic E-state index is 2.83. The quantitative estimate of drug-likeness (QED) is 0.0412. The summed E-state index contributed by atoms with van der Waals surface area (Å²) in [6, 6.07) is 30.9. The molecule has 0 aromatic heterocycles. The fourth-order valence-corrected chi connectivity index (χ4v) is 21.4. The summed E-state index contributed by atoms with van der Waals surface area (Å²) in [6.07, 6.45) is 137. The van der Waals surface area contributed by atoms with Gasteiger partial charge in [-0.25, -0.2) is 0 Å². The summed E-state index contributed by atoms with van der Waals surface area (Å²) < 4.78 is 0. The molecule has 0 radical (unpaired) electrons. The Hall–Kier alpha value is -2.94. The highest BCUT2D eigenvalue weighted by Gasteiger charge is 2.21. The zero-order valence-electron chi connectivity index (χ0n) is 90.0. The van der Waals surface area contributed by atoms with E-state index in [9.17, 15) is 0 Å². The average molecular weight is 1800 g/mol. The predicted molar refractivity (Wildman–Crippen MR) is 594 cm³/mol. The van der Waals surface area contributed by atoms with Gasteiger partial charge in [-0.1, -0.05) is 656 Å². The molecule has 0 spiro atoms. The van der Waals surface area contributed by atoms with Crippen LogP contribution in [0.25, 0.3) is 0 Å². The van der Waals surface area contributed by atoms with Gasteiger partial charge in [-0.2, -0.15) is 0 Å². The monoisotopic (exact) mass is 1800 g/mol. The molecule has 130 heavy (non-hydrogen) atoms. The number of hydrogen-bond acceptors (Lipinski definition) is 3. The van der Waals surface area contributed by atoms with Gasteiger partial charge in [0.15, 0.2) is 0 Å². The first kappa shape index (κ1) is 121. The van der Waals surface area contributed by atoms with Gasteiger partial charge in [0.1, 0.15) is 0 Å². The first-order valence-electron chi connectivity index (χ1n) is 61.1. The lowest BCUT2D eigenvalue weighted by molar-refractivity contribution is 0.524. The summed E-state index contributed by atoms with van der Waals surface area (Å²) in [6.45, 7) is 21.1. The molecule has 3 aromatic carbocycles. The van der Waals surface area contributed by atoms with Crippen molar-refractivity contribution in [2.45, 2.75) is 664 Å². The van der Waals surface area contributed by atoms with Crippen molar-refractivity contribution in [3.8, 4) is 0 Å². The highest BCUT2D eigenvalue weighted by atomic mass is 15.1. The Morgan fingerprint density at radius 3 is 0.292 bits per heavy atom. The van der Waals surface area contributed by atoms with Crippen LogP contribution in [0.15, 0.2) is 72.8 Å². The molecule has 758 valence electrons. The van der Waals surface area contributed by atoms with Gasteiger partial charge in [-0.15, -0.1) is 0 Å². The van der Waals surface area contributed by atoms with E-state index in [-0.39, 0.29) is 5.92 Å². The zero-order valence-corrected chi connectivity index (χ0v) is 90.0. The van der Waals surface area contributed by atoms with E-state index in [1.165, 1.54) is 689 Å². The van der Waals surface area contributed by atoms with Crippen LogP contribution in [0.4, 0.5) is 17.1 Å². The molecule has 0 atom stereocenters. The molecular weight excluding hydrogens is 1570 g/mol. The number of hydrogen-bond donors (Lipinski definition) is 0. The van der Waals surface area contributed by atoms with Crippen LogP contribution in [0, 0.1) is 0 Å². The van der Waals surface area contributed by atoms with E-state index in [1.807, 2.05) is 0 Å². The molecule has 3 aromatic rings. The summed E-state index contributed by atoms with van der Waals surface area (Å²) in [5.41, 5.74) is 8.70. The van der Waals surface area contributed by atoms with Gasteiger partial charge in [0.05, 0.1) is 0 Å². The van der Waals surface area contributed by atoms with Crippen LogP contribution in [0.2, 0.25) is 0 Å². The molecule has 0 aliphatic rings. The van der Waals surface area contributed by atoms with E-state index in [4.69, 9.17) is 0 Å². The first-order chi connectivity index (χ1) is 64.6. The molecule has 0 aliphatic heterocycles. The van der Waals surface area contributed by atoms with E-state index in [0.717, 1.165) is 0 Å². The van der Waals surface area contributed by atoms with Gasteiger partial charge in [0.2, 0.25) is 0 Å². The first-order valence-corrected chi connectivity index (χ1v) is 61.1. The topological polar surface area (TPSA) is 9.72 Å². The fourth-order valence-electron chi connectivity index (χ4n) is 21.4. The third kappa shape index (κ3) is 76.1. The van der Waals surface area contributed by atoms with E-state index in [2.05, 4.69) is 129 Å². The largest absolute Gasteiger partial charge is 0.372 e. The Labute approximate surface area is 819 Å². The summed E-state index contributed by atoms with van der Waals surface area (Å²) in [7, 11) is 0. The fraction of sp³-hybridized carbons (Fsp3) is 0.858. The molecule has 3 nitrogen and oxygen atoms in total. The average Bonchev–Trinajstić information content (AvgIpc) is 0.796. The minimum absolute atomic E-state index is 0.175. The van der Waals surface area contributed by atoms with E-state index in [0.29, 0.717) is 0 Å². The smallest absolute Gasteiger partial charge is 0.0366 e. The second-order valence-electron chi connectivity index (χ2n) is 43.0. The Morgan fingerprint density at radius 2 is 0.200 bits per heavy atom. The van der Waals surface area contributed by atoms with Gasteiger partial charge < -0.3 is 14.7 Å².